The molecule has 0 atom stereocenters. The molecule has 0 unspecified atom stereocenters. The fourth-order valence-corrected chi connectivity index (χ4v) is 5.32. The number of methoxy groups -OCH3 is 2. The lowest BCUT2D eigenvalue weighted by atomic mass is 10.1. The van der Waals surface area contributed by atoms with Gasteiger partial charge in [-0.15, -0.1) is 0 Å². The van der Waals surface area contributed by atoms with E-state index in [-0.39, 0.29) is 12.5 Å². The molecule has 1 amide bonds. The first-order valence-electron chi connectivity index (χ1n) is 12.7. The summed E-state index contributed by atoms with van der Waals surface area (Å²) in [6.45, 7) is 13.1. The van der Waals surface area contributed by atoms with Crippen LogP contribution < -0.4 is 14.4 Å². The number of fused-ring (bicyclic) bond motifs is 1. The van der Waals surface area contributed by atoms with Crippen LogP contribution in [0.25, 0.3) is 11.0 Å². The molecule has 2 heterocycles. The first-order chi connectivity index (χ1) is 18.2. The van der Waals surface area contributed by atoms with Crippen molar-refractivity contribution in [3.63, 3.8) is 0 Å². The number of hydrogen-bond donors (Lipinski definition) is 0. The molecule has 0 fully saturated rings. The third-order valence-corrected chi connectivity index (χ3v) is 8.41. The minimum Gasteiger partial charge on any atom is -0.493 e. The summed E-state index contributed by atoms with van der Waals surface area (Å²) in [6.07, 6.45) is 3.51. The molecule has 11 heteroatoms. The van der Waals surface area contributed by atoms with Crippen molar-refractivity contribution in [3.05, 3.63) is 45.8 Å². The number of carbonyl (C=O) groups is 2. The van der Waals surface area contributed by atoms with Gasteiger partial charge in [-0.1, -0.05) is 19.6 Å². The summed E-state index contributed by atoms with van der Waals surface area (Å²) in [7, 11) is 1.84. The lowest BCUT2D eigenvalue weighted by Gasteiger charge is -2.26. The van der Waals surface area contributed by atoms with Gasteiger partial charge in [-0.05, 0) is 73.7 Å². The zero-order valence-corrected chi connectivity index (χ0v) is 27.1. The average Bonchev–Trinajstić information content (AvgIpc) is 3.26. The summed E-state index contributed by atoms with van der Waals surface area (Å²) in [6, 6.07) is 8.03. The molecule has 0 N–H and O–H groups in total. The summed E-state index contributed by atoms with van der Waals surface area (Å²) in [4.78, 5) is 33.0. The molecule has 3 rings (SSSR count). The summed E-state index contributed by atoms with van der Waals surface area (Å²) in [5.41, 5.74) is 0.871. The second kappa shape index (κ2) is 12.7. The predicted molar refractivity (Wildman–Crippen MR) is 164 cm³/mol. The number of amides is 1. The maximum absolute atomic E-state index is 14.1. The van der Waals surface area contributed by atoms with E-state index in [0.717, 1.165) is 11.4 Å². The van der Waals surface area contributed by atoms with Crippen LogP contribution in [0.4, 0.5) is 5.69 Å². The Morgan fingerprint density at radius 3 is 2.36 bits per heavy atom. The van der Waals surface area contributed by atoms with E-state index in [1.165, 1.54) is 19.1 Å². The Bertz CT molecular complexity index is 1330. The van der Waals surface area contributed by atoms with Crippen LogP contribution in [0, 0.1) is 3.57 Å². The Morgan fingerprint density at radius 2 is 1.74 bits per heavy atom. The number of ether oxygens (including phenoxy) is 4. The molecule has 2 aromatic heterocycles. The molecule has 0 aliphatic rings. The molecule has 0 radical (unpaired) electrons. The van der Waals surface area contributed by atoms with Crippen molar-refractivity contribution >= 4 is 59.3 Å². The van der Waals surface area contributed by atoms with Crippen molar-refractivity contribution in [2.45, 2.75) is 58.8 Å². The monoisotopic (exact) mass is 667 g/mol. The quantitative estimate of drug-likeness (QED) is 0.108. The topological polar surface area (TPSA) is 92.1 Å². The van der Waals surface area contributed by atoms with Gasteiger partial charge in [0.25, 0.3) is 5.91 Å². The van der Waals surface area contributed by atoms with Gasteiger partial charge >= 0.3 is 5.97 Å². The molecule has 39 heavy (non-hydrogen) atoms. The maximum atomic E-state index is 14.1. The Labute approximate surface area is 244 Å². The van der Waals surface area contributed by atoms with Crippen LogP contribution in [0.5, 0.6) is 11.5 Å². The molecular weight excluding hydrogens is 629 g/mol. The van der Waals surface area contributed by atoms with E-state index < -0.39 is 19.6 Å². The van der Waals surface area contributed by atoms with Gasteiger partial charge in [-0.25, -0.2) is 4.98 Å². The maximum Gasteiger partial charge on any atom is 0.326 e. The van der Waals surface area contributed by atoms with E-state index in [4.69, 9.17) is 18.9 Å². The summed E-state index contributed by atoms with van der Waals surface area (Å²) >= 11 is 2.08. The Hall–Kier alpha value is -2.64. The number of benzene rings is 1. The highest BCUT2D eigenvalue weighted by atomic mass is 127. The summed E-state index contributed by atoms with van der Waals surface area (Å²) < 4.78 is 24.9. The van der Waals surface area contributed by atoms with Crippen LogP contribution in [0.15, 0.2) is 36.7 Å². The number of anilines is 1. The van der Waals surface area contributed by atoms with Crippen molar-refractivity contribution in [2.75, 3.05) is 32.3 Å². The van der Waals surface area contributed by atoms with E-state index in [2.05, 4.69) is 47.2 Å². The molecule has 0 spiro atoms. The van der Waals surface area contributed by atoms with Gasteiger partial charge in [0.15, 0.2) is 11.5 Å². The SMILES string of the molecule is COc1cc(I)c(C(=O)N(CC(=O)OC(C)(C)C)c2ccnc3c2ccn3COCC[Si](C)(C)C)cc1OC. The van der Waals surface area contributed by atoms with Gasteiger partial charge in [0.2, 0.25) is 0 Å². The minimum atomic E-state index is -1.21. The smallest absolute Gasteiger partial charge is 0.326 e. The lowest BCUT2D eigenvalue weighted by Crippen LogP contribution is -2.39. The largest absolute Gasteiger partial charge is 0.493 e. The highest BCUT2D eigenvalue weighted by Gasteiger charge is 2.28. The number of hydrogen-bond acceptors (Lipinski definition) is 7. The first-order valence-corrected chi connectivity index (χ1v) is 17.5. The minimum absolute atomic E-state index is 0.280. The van der Waals surface area contributed by atoms with Crippen molar-refractivity contribution in [2.24, 2.45) is 0 Å². The standard InChI is InChI=1S/C28H38IN3O6Si/c1-28(2,3)38-25(33)17-32(27(34)20-15-23(35-4)24(36-5)16-21(20)29)22-9-11-30-26-19(22)10-12-31(26)18-37-13-14-39(6,7)8/h9-12,15-16H,13-14,17-18H2,1-8H3. The molecule has 3 aromatic rings. The van der Waals surface area contributed by atoms with Gasteiger partial charge in [0, 0.05) is 36.0 Å². The molecule has 9 nitrogen and oxygen atoms in total. The van der Waals surface area contributed by atoms with E-state index in [9.17, 15) is 9.59 Å². The Kier molecular flexibility index (Phi) is 10.0. The van der Waals surface area contributed by atoms with Crippen LogP contribution in [-0.2, 0) is 21.0 Å². The van der Waals surface area contributed by atoms with Gasteiger partial charge in [0.05, 0.1) is 25.5 Å². The van der Waals surface area contributed by atoms with E-state index in [1.807, 2.05) is 16.8 Å². The highest BCUT2D eigenvalue weighted by Crippen LogP contribution is 2.34. The van der Waals surface area contributed by atoms with Gasteiger partial charge < -0.3 is 23.5 Å². The normalized spacial score (nSPS) is 11.9. The fraction of sp³-hybridized carbons (Fsp3) is 0.464. The molecule has 0 aliphatic heterocycles. The Morgan fingerprint density at radius 1 is 1.08 bits per heavy atom. The molecule has 0 saturated heterocycles. The van der Waals surface area contributed by atoms with Crippen molar-refractivity contribution < 1.29 is 28.5 Å². The molecular formula is C28H38IN3O6Si. The van der Waals surface area contributed by atoms with Crippen molar-refractivity contribution in [1.29, 1.82) is 0 Å². The number of carbonyl (C=O) groups excluding carboxylic acids is 2. The van der Waals surface area contributed by atoms with E-state index in [0.29, 0.717) is 45.3 Å². The second-order valence-corrected chi connectivity index (χ2v) is 18.1. The molecule has 0 aliphatic carbocycles. The Balaban J connectivity index is 2.02. The third kappa shape index (κ3) is 8.18. The van der Waals surface area contributed by atoms with Crippen LogP contribution in [0.1, 0.15) is 31.1 Å². The zero-order valence-electron chi connectivity index (χ0n) is 24.0. The number of halogens is 1. The van der Waals surface area contributed by atoms with Crippen molar-refractivity contribution in [3.8, 4) is 11.5 Å². The van der Waals surface area contributed by atoms with Crippen LogP contribution >= 0.6 is 22.6 Å². The number of aromatic nitrogens is 2. The molecule has 1 aromatic carbocycles. The number of pyridine rings is 1. The number of rotatable bonds is 11. The van der Waals surface area contributed by atoms with Gasteiger partial charge in [-0.3, -0.25) is 14.5 Å². The second-order valence-electron chi connectivity index (χ2n) is 11.4. The molecule has 0 bridgehead atoms. The van der Waals surface area contributed by atoms with Gasteiger partial charge in [0.1, 0.15) is 24.5 Å². The lowest BCUT2D eigenvalue weighted by molar-refractivity contribution is -0.152. The number of esters is 1. The van der Waals surface area contributed by atoms with Gasteiger partial charge in [-0.2, -0.15) is 0 Å². The first kappa shape index (κ1) is 30.9. The highest BCUT2D eigenvalue weighted by molar-refractivity contribution is 14.1. The van der Waals surface area contributed by atoms with Crippen LogP contribution in [0.2, 0.25) is 25.7 Å². The van der Waals surface area contributed by atoms with E-state index in [1.54, 1.807) is 45.2 Å². The van der Waals surface area contributed by atoms with Crippen LogP contribution in [0.3, 0.4) is 0 Å². The number of nitrogens with zero attached hydrogens (tertiary/aromatic N) is 3. The fourth-order valence-electron chi connectivity index (χ4n) is 3.89. The molecule has 0 saturated carbocycles. The third-order valence-electron chi connectivity index (χ3n) is 5.81. The molecule has 212 valence electrons. The predicted octanol–water partition coefficient (Wildman–Crippen LogP) is 5.96. The zero-order chi connectivity index (χ0) is 29.0. The van der Waals surface area contributed by atoms with Crippen molar-refractivity contribution in [1.82, 2.24) is 9.55 Å². The van der Waals surface area contributed by atoms with E-state index >= 15 is 0 Å². The average molecular weight is 668 g/mol. The van der Waals surface area contributed by atoms with Crippen LogP contribution in [-0.4, -0.2) is 62.5 Å². The summed E-state index contributed by atoms with van der Waals surface area (Å²) in [5, 5.41) is 0.721. The summed E-state index contributed by atoms with van der Waals surface area (Å²) in [5.74, 6) is 0.0258.